The van der Waals surface area contributed by atoms with Crippen LogP contribution in [0.3, 0.4) is 0 Å². The van der Waals surface area contributed by atoms with E-state index in [2.05, 4.69) is 41.6 Å². The number of nitrogens with zero attached hydrogens (tertiary/aromatic N) is 1. The summed E-state index contributed by atoms with van der Waals surface area (Å²) in [6, 6.07) is 9.77. The summed E-state index contributed by atoms with van der Waals surface area (Å²) in [4.78, 5) is 16.3. The molecule has 0 bridgehead atoms. The first kappa shape index (κ1) is 16.0. The molecule has 116 valence electrons. The van der Waals surface area contributed by atoms with Gasteiger partial charge in [-0.2, -0.15) is 0 Å². The second-order valence-electron chi connectivity index (χ2n) is 6.53. The predicted octanol–water partition coefficient (Wildman–Crippen LogP) is 3.97. The lowest BCUT2D eigenvalue weighted by Crippen LogP contribution is -2.40. The van der Waals surface area contributed by atoms with Crippen LogP contribution in [0.2, 0.25) is 0 Å². The molecule has 22 heavy (non-hydrogen) atoms. The van der Waals surface area contributed by atoms with Crippen molar-refractivity contribution in [2.75, 3.05) is 5.32 Å². The topological polar surface area (TPSA) is 54.0 Å². The minimum atomic E-state index is -0.270. The molecule has 2 aromatic rings. The fourth-order valence-corrected chi connectivity index (χ4v) is 2.16. The second-order valence-corrected chi connectivity index (χ2v) is 6.53. The van der Waals surface area contributed by atoms with Crippen LogP contribution in [0.25, 0.3) is 0 Å². The van der Waals surface area contributed by atoms with Crippen molar-refractivity contribution in [1.29, 1.82) is 0 Å². The first-order chi connectivity index (χ1) is 10.3. The molecule has 0 aliphatic rings. The number of aryl methyl sites for hydroxylation is 2. The highest BCUT2D eigenvalue weighted by molar-refractivity contribution is 5.93. The lowest BCUT2D eigenvalue weighted by atomic mass is 10.1. The van der Waals surface area contributed by atoms with Crippen LogP contribution in [0, 0.1) is 13.8 Å². The Bertz CT molecular complexity index is 649. The number of benzene rings is 1. The molecule has 1 aromatic carbocycles. The summed E-state index contributed by atoms with van der Waals surface area (Å²) in [5, 5.41) is 6.26. The lowest BCUT2D eigenvalue weighted by molar-refractivity contribution is 0.0914. The first-order valence-corrected chi connectivity index (χ1v) is 7.38. The van der Waals surface area contributed by atoms with Gasteiger partial charge in [-0.25, -0.2) is 4.98 Å². The van der Waals surface area contributed by atoms with Crippen LogP contribution in [0.15, 0.2) is 36.5 Å². The van der Waals surface area contributed by atoms with Crippen LogP contribution < -0.4 is 10.6 Å². The van der Waals surface area contributed by atoms with E-state index in [1.54, 1.807) is 12.3 Å². The van der Waals surface area contributed by atoms with Crippen molar-refractivity contribution in [2.24, 2.45) is 0 Å². The number of amides is 1. The van der Waals surface area contributed by atoms with Gasteiger partial charge in [0.1, 0.15) is 5.69 Å². The summed E-state index contributed by atoms with van der Waals surface area (Å²) in [5.41, 5.74) is 4.44. The molecule has 1 amide bonds. The third kappa shape index (κ3) is 4.07. The minimum absolute atomic E-state index is 0.161. The number of hydrogen-bond acceptors (Lipinski definition) is 3. The molecule has 0 aliphatic carbocycles. The number of aromatic nitrogens is 1. The maximum atomic E-state index is 12.0. The third-order valence-electron chi connectivity index (χ3n) is 3.24. The predicted molar refractivity (Wildman–Crippen MR) is 90.7 cm³/mol. The first-order valence-electron chi connectivity index (χ1n) is 7.38. The average Bonchev–Trinajstić information content (AvgIpc) is 2.42. The van der Waals surface area contributed by atoms with Crippen molar-refractivity contribution in [3.05, 3.63) is 53.3 Å². The largest absolute Gasteiger partial charge is 0.354 e. The zero-order valence-electron chi connectivity index (χ0n) is 13.8. The minimum Gasteiger partial charge on any atom is -0.354 e. The molecular weight excluding hydrogens is 274 g/mol. The summed E-state index contributed by atoms with van der Waals surface area (Å²) in [7, 11) is 0. The molecule has 2 N–H and O–H groups in total. The van der Waals surface area contributed by atoms with Gasteiger partial charge in [-0.3, -0.25) is 4.79 Å². The van der Waals surface area contributed by atoms with E-state index in [1.807, 2.05) is 32.9 Å². The molecule has 0 fully saturated rings. The zero-order valence-corrected chi connectivity index (χ0v) is 13.8. The van der Waals surface area contributed by atoms with Gasteiger partial charge in [-0.05, 0) is 57.9 Å². The summed E-state index contributed by atoms with van der Waals surface area (Å²) < 4.78 is 0. The summed E-state index contributed by atoms with van der Waals surface area (Å²) in [6.45, 7) is 9.97. The number of rotatable bonds is 3. The SMILES string of the molecule is Cc1cccc(C)c1Nc1ccc(C(=O)NC(C)(C)C)nc1. The van der Waals surface area contributed by atoms with Crippen molar-refractivity contribution in [2.45, 2.75) is 40.2 Å². The molecule has 4 heteroatoms. The van der Waals surface area contributed by atoms with Gasteiger partial charge in [0.05, 0.1) is 11.9 Å². The molecule has 4 nitrogen and oxygen atoms in total. The van der Waals surface area contributed by atoms with Gasteiger partial charge in [-0.15, -0.1) is 0 Å². The highest BCUT2D eigenvalue weighted by Crippen LogP contribution is 2.23. The molecule has 0 atom stereocenters. The number of carbonyl (C=O) groups is 1. The van der Waals surface area contributed by atoms with Crippen LogP contribution in [0.4, 0.5) is 11.4 Å². The van der Waals surface area contributed by atoms with Gasteiger partial charge in [0.15, 0.2) is 0 Å². The number of para-hydroxylation sites is 1. The van der Waals surface area contributed by atoms with E-state index in [9.17, 15) is 4.79 Å². The van der Waals surface area contributed by atoms with Crippen molar-refractivity contribution in [3.63, 3.8) is 0 Å². The standard InChI is InChI=1S/C18H23N3O/c1-12-7-6-8-13(2)16(12)20-14-9-10-15(19-11-14)17(22)21-18(3,4)5/h6-11,20H,1-5H3,(H,21,22). The van der Waals surface area contributed by atoms with Crippen LogP contribution in [-0.4, -0.2) is 16.4 Å². The van der Waals surface area contributed by atoms with Gasteiger partial charge < -0.3 is 10.6 Å². The summed E-state index contributed by atoms with van der Waals surface area (Å²) >= 11 is 0. The molecule has 0 aliphatic heterocycles. The monoisotopic (exact) mass is 297 g/mol. The van der Waals surface area contributed by atoms with Gasteiger partial charge >= 0.3 is 0 Å². The van der Waals surface area contributed by atoms with E-state index in [1.165, 1.54) is 11.1 Å². The van der Waals surface area contributed by atoms with Gasteiger partial charge in [0.2, 0.25) is 0 Å². The smallest absolute Gasteiger partial charge is 0.270 e. The molecule has 1 aromatic heterocycles. The highest BCUT2D eigenvalue weighted by Gasteiger charge is 2.16. The maximum absolute atomic E-state index is 12.0. The fourth-order valence-electron chi connectivity index (χ4n) is 2.16. The molecule has 0 unspecified atom stereocenters. The lowest BCUT2D eigenvalue weighted by Gasteiger charge is -2.20. The van der Waals surface area contributed by atoms with E-state index in [0.29, 0.717) is 5.69 Å². The van der Waals surface area contributed by atoms with Crippen molar-refractivity contribution in [3.8, 4) is 0 Å². The fraction of sp³-hybridized carbons (Fsp3) is 0.333. The number of anilines is 2. The van der Waals surface area contributed by atoms with E-state index in [-0.39, 0.29) is 11.4 Å². The number of nitrogens with one attached hydrogen (secondary N) is 2. The second kappa shape index (κ2) is 6.18. The molecule has 0 saturated carbocycles. The normalized spacial score (nSPS) is 11.1. The molecule has 0 spiro atoms. The Morgan fingerprint density at radius 3 is 2.18 bits per heavy atom. The van der Waals surface area contributed by atoms with Gasteiger partial charge in [0, 0.05) is 11.2 Å². The number of carbonyl (C=O) groups excluding carboxylic acids is 1. The Morgan fingerprint density at radius 2 is 1.68 bits per heavy atom. The summed E-state index contributed by atoms with van der Waals surface area (Å²) in [6.07, 6.45) is 1.68. The maximum Gasteiger partial charge on any atom is 0.270 e. The number of hydrogen-bond donors (Lipinski definition) is 2. The Morgan fingerprint density at radius 1 is 1.05 bits per heavy atom. The molecular formula is C18H23N3O. The Hall–Kier alpha value is -2.36. The van der Waals surface area contributed by atoms with E-state index < -0.39 is 0 Å². The van der Waals surface area contributed by atoms with E-state index in [4.69, 9.17) is 0 Å². The molecule has 0 saturated heterocycles. The highest BCUT2D eigenvalue weighted by atomic mass is 16.2. The Balaban J connectivity index is 2.14. The van der Waals surface area contributed by atoms with E-state index >= 15 is 0 Å². The molecule has 2 rings (SSSR count). The van der Waals surface area contributed by atoms with Gasteiger partial charge in [0.25, 0.3) is 5.91 Å². The van der Waals surface area contributed by atoms with Crippen molar-refractivity contribution >= 4 is 17.3 Å². The van der Waals surface area contributed by atoms with Crippen molar-refractivity contribution < 1.29 is 4.79 Å². The quantitative estimate of drug-likeness (QED) is 0.901. The van der Waals surface area contributed by atoms with Crippen LogP contribution >= 0.6 is 0 Å². The number of pyridine rings is 1. The van der Waals surface area contributed by atoms with Crippen LogP contribution in [0.5, 0.6) is 0 Å². The summed E-state index contributed by atoms with van der Waals surface area (Å²) in [5.74, 6) is -0.161. The molecule has 1 heterocycles. The van der Waals surface area contributed by atoms with Crippen LogP contribution in [-0.2, 0) is 0 Å². The zero-order chi connectivity index (χ0) is 16.3. The van der Waals surface area contributed by atoms with E-state index in [0.717, 1.165) is 11.4 Å². The molecule has 0 radical (unpaired) electrons. The Labute approximate surface area is 132 Å². The van der Waals surface area contributed by atoms with Crippen molar-refractivity contribution in [1.82, 2.24) is 10.3 Å². The average molecular weight is 297 g/mol. The Kier molecular flexibility index (Phi) is 4.50. The third-order valence-corrected chi connectivity index (χ3v) is 3.24. The van der Waals surface area contributed by atoms with Gasteiger partial charge in [-0.1, -0.05) is 18.2 Å². The van der Waals surface area contributed by atoms with Crippen LogP contribution in [0.1, 0.15) is 42.4 Å².